The smallest absolute Gasteiger partial charge is 0.244 e. The molecule has 1 atom stereocenters. The van der Waals surface area contributed by atoms with E-state index in [1.165, 1.54) is 6.07 Å². The van der Waals surface area contributed by atoms with Gasteiger partial charge in [-0.25, -0.2) is 13.1 Å². The van der Waals surface area contributed by atoms with E-state index in [0.29, 0.717) is 0 Å². The standard InChI is InChI=1S/C13H16N2O4S/c1-9(11-4-3-5-14-7-11)15-20(17,18)13-6-12(8-16)19-10(13)2/h3-7,9,15-16H,8H2,1-2H3. The van der Waals surface area contributed by atoms with Crippen LogP contribution in [-0.4, -0.2) is 18.5 Å². The van der Waals surface area contributed by atoms with Crippen molar-refractivity contribution >= 4 is 10.0 Å². The molecule has 20 heavy (non-hydrogen) atoms. The van der Waals surface area contributed by atoms with E-state index < -0.39 is 16.1 Å². The minimum absolute atomic E-state index is 0.0392. The van der Waals surface area contributed by atoms with Crippen molar-refractivity contribution in [2.45, 2.75) is 31.4 Å². The minimum atomic E-state index is -3.71. The third-order valence-electron chi connectivity index (χ3n) is 2.88. The molecule has 2 aromatic heterocycles. The molecular formula is C13H16N2O4S. The maximum atomic E-state index is 12.3. The van der Waals surface area contributed by atoms with E-state index in [-0.39, 0.29) is 23.0 Å². The molecule has 0 radical (unpaired) electrons. The number of sulfonamides is 1. The monoisotopic (exact) mass is 296 g/mol. The van der Waals surface area contributed by atoms with Gasteiger partial charge in [0.25, 0.3) is 0 Å². The molecule has 0 amide bonds. The molecule has 6 nitrogen and oxygen atoms in total. The molecule has 0 aliphatic carbocycles. The first-order valence-electron chi connectivity index (χ1n) is 6.06. The van der Waals surface area contributed by atoms with Gasteiger partial charge in [0.1, 0.15) is 23.0 Å². The Morgan fingerprint density at radius 2 is 2.25 bits per heavy atom. The van der Waals surface area contributed by atoms with Gasteiger partial charge in [0.15, 0.2) is 0 Å². The van der Waals surface area contributed by atoms with Crippen LogP contribution in [0.4, 0.5) is 0 Å². The van der Waals surface area contributed by atoms with E-state index in [4.69, 9.17) is 9.52 Å². The van der Waals surface area contributed by atoms with Gasteiger partial charge < -0.3 is 9.52 Å². The van der Waals surface area contributed by atoms with Crippen molar-refractivity contribution in [2.75, 3.05) is 0 Å². The number of aryl methyl sites for hydroxylation is 1. The molecule has 0 bridgehead atoms. The van der Waals surface area contributed by atoms with Crippen LogP contribution in [0.2, 0.25) is 0 Å². The quantitative estimate of drug-likeness (QED) is 0.872. The predicted octanol–water partition coefficient (Wildman–Crippen LogP) is 1.51. The molecule has 0 saturated carbocycles. The fraction of sp³-hybridized carbons (Fsp3) is 0.308. The number of rotatable bonds is 5. The van der Waals surface area contributed by atoms with Gasteiger partial charge >= 0.3 is 0 Å². The Kier molecular flexibility index (Phi) is 4.22. The summed E-state index contributed by atoms with van der Waals surface area (Å²) >= 11 is 0. The van der Waals surface area contributed by atoms with Crippen molar-refractivity contribution in [3.63, 3.8) is 0 Å². The molecule has 1 unspecified atom stereocenters. The minimum Gasteiger partial charge on any atom is -0.462 e. The lowest BCUT2D eigenvalue weighted by Gasteiger charge is -2.13. The van der Waals surface area contributed by atoms with Crippen molar-refractivity contribution in [3.05, 3.63) is 47.7 Å². The number of aliphatic hydroxyl groups excluding tert-OH is 1. The molecule has 0 aliphatic rings. The Hall–Kier alpha value is -1.70. The first-order chi connectivity index (χ1) is 9.44. The van der Waals surface area contributed by atoms with Gasteiger partial charge in [-0.05, 0) is 25.5 Å². The van der Waals surface area contributed by atoms with E-state index >= 15 is 0 Å². The zero-order valence-electron chi connectivity index (χ0n) is 11.2. The average Bonchev–Trinajstić information content (AvgIpc) is 2.81. The van der Waals surface area contributed by atoms with Crippen LogP contribution in [0.25, 0.3) is 0 Å². The summed E-state index contributed by atoms with van der Waals surface area (Å²) in [6.45, 7) is 2.94. The van der Waals surface area contributed by atoms with Crippen LogP contribution < -0.4 is 4.72 Å². The molecule has 108 valence electrons. The van der Waals surface area contributed by atoms with Gasteiger partial charge in [0, 0.05) is 24.5 Å². The highest BCUT2D eigenvalue weighted by atomic mass is 32.2. The van der Waals surface area contributed by atoms with Gasteiger partial charge in [-0.3, -0.25) is 4.98 Å². The van der Waals surface area contributed by atoms with Gasteiger partial charge in [0.05, 0.1) is 0 Å². The Bertz CT molecular complexity index is 680. The third kappa shape index (κ3) is 3.06. The first kappa shape index (κ1) is 14.7. The summed E-state index contributed by atoms with van der Waals surface area (Å²) in [5.74, 6) is 0.469. The van der Waals surface area contributed by atoms with Crippen LogP contribution in [0.1, 0.15) is 30.0 Å². The Labute approximate surface area is 117 Å². The van der Waals surface area contributed by atoms with Crippen LogP contribution >= 0.6 is 0 Å². The molecule has 7 heteroatoms. The topological polar surface area (TPSA) is 92.4 Å². The number of nitrogens with zero attached hydrogens (tertiary/aromatic N) is 1. The fourth-order valence-electron chi connectivity index (χ4n) is 1.87. The average molecular weight is 296 g/mol. The molecule has 2 N–H and O–H groups in total. The van der Waals surface area contributed by atoms with Gasteiger partial charge in [-0.15, -0.1) is 0 Å². The number of aliphatic hydroxyl groups is 1. The van der Waals surface area contributed by atoms with Crippen LogP contribution in [-0.2, 0) is 16.6 Å². The Balaban J connectivity index is 2.25. The van der Waals surface area contributed by atoms with Crippen molar-refractivity contribution < 1.29 is 17.9 Å². The van der Waals surface area contributed by atoms with Crippen molar-refractivity contribution in [2.24, 2.45) is 0 Å². The number of furan rings is 1. The number of hydrogen-bond acceptors (Lipinski definition) is 5. The highest BCUT2D eigenvalue weighted by Crippen LogP contribution is 2.22. The van der Waals surface area contributed by atoms with E-state index in [9.17, 15) is 8.42 Å². The zero-order chi connectivity index (χ0) is 14.8. The predicted molar refractivity (Wildman–Crippen MR) is 72.3 cm³/mol. The zero-order valence-corrected chi connectivity index (χ0v) is 12.0. The van der Waals surface area contributed by atoms with Gasteiger partial charge in [-0.1, -0.05) is 6.07 Å². The number of pyridine rings is 1. The first-order valence-corrected chi connectivity index (χ1v) is 7.55. The molecule has 0 saturated heterocycles. The summed E-state index contributed by atoms with van der Waals surface area (Å²) in [5.41, 5.74) is 0.764. The number of nitrogens with one attached hydrogen (secondary N) is 1. The van der Waals surface area contributed by atoms with E-state index in [0.717, 1.165) is 5.56 Å². The maximum Gasteiger partial charge on any atom is 0.244 e. The largest absolute Gasteiger partial charge is 0.462 e. The molecule has 2 aromatic rings. The maximum absolute atomic E-state index is 12.3. The van der Waals surface area contributed by atoms with Crippen molar-refractivity contribution in [1.29, 1.82) is 0 Å². The van der Waals surface area contributed by atoms with Crippen LogP contribution in [0, 0.1) is 6.92 Å². The molecule has 0 fully saturated rings. The number of aromatic nitrogens is 1. The summed E-state index contributed by atoms with van der Waals surface area (Å²) in [6, 6.07) is 4.45. The SMILES string of the molecule is Cc1oc(CO)cc1S(=O)(=O)NC(C)c1cccnc1. The highest BCUT2D eigenvalue weighted by molar-refractivity contribution is 7.89. The van der Waals surface area contributed by atoms with Crippen molar-refractivity contribution in [1.82, 2.24) is 9.71 Å². The third-order valence-corrected chi connectivity index (χ3v) is 4.53. The number of hydrogen-bond donors (Lipinski definition) is 2. The van der Waals surface area contributed by atoms with Crippen LogP contribution in [0.3, 0.4) is 0 Å². The van der Waals surface area contributed by atoms with E-state index in [1.807, 2.05) is 0 Å². The molecule has 0 aliphatic heterocycles. The summed E-state index contributed by atoms with van der Waals surface area (Å²) in [4.78, 5) is 4.00. The summed E-state index contributed by atoms with van der Waals surface area (Å²) in [7, 11) is -3.71. The molecule has 2 rings (SSSR count). The van der Waals surface area contributed by atoms with Gasteiger partial charge in [-0.2, -0.15) is 0 Å². The highest BCUT2D eigenvalue weighted by Gasteiger charge is 2.23. The Morgan fingerprint density at radius 3 is 2.80 bits per heavy atom. The lowest BCUT2D eigenvalue weighted by atomic mass is 10.2. The second kappa shape index (κ2) is 5.74. The summed E-state index contributed by atoms with van der Waals surface area (Å²) in [6.07, 6.45) is 3.23. The lowest BCUT2D eigenvalue weighted by Crippen LogP contribution is -2.27. The fourth-order valence-corrected chi connectivity index (χ4v) is 3.30. The van der Waals surface area contributed by atoms with E-state index in [1.54, 1.807) is 38.4 Å². The van der Waals surface area contributed by atoms with Crippen LogP contribution in [0.15, 0.2) is 39.9 Å². The summed E-state index contributed by atoms with van der Waals surface area (Å²) in [5, 5.41) is 8.98. The molecule has 0 aromatic carbocycles. The second-order valence-electron chi connectivity index (χ2n) is 4.42. The molecular weight excluding hydrogens is 280 g/mol. The lowest BCUT2D eigenvalue weighted by molar-refractivity contribution is 0.244. The molecule has 0 spiro atoms. The van der Waals surface area contributed by atoms with E-state index in [2.05, 4.69) is 9.71 Å². The normalized spacial score (nSPS) is 13.3. The van der Waals surface area contributed by atoms with Crippen molar-refractivity contribution in [3.8, 4) is 0 Å². The van der Waals surface area contributed by atoms with Gasteiger partial charge in [0.2, 0.25) is 10.0 Å². The van der Waals surface area contributed by atoms with Crippen LogP contribution in [0.5, 0.6) is 0 Å². The second-order valence-corrected chi connectivity index (χ2v) is 6.10. The molecule has 2 heterocycles. The Morgan fingerprint density at radius 1 is 1.50 bits per heavy atom. The summed E-state index contributed by atoms with van der Waals surface area (Å²) < 4.78 is 32.3.